The average Bonchev–Trinajstić information content (AvgIpc) is 2.67. The van der Waals surface area contributed by atoms with Gasteiger partial charge >= 0.3 is 4.87 Å². The summed E-state index contributed by atoms with van der Waals surface area (Å²) in [6.07, 6.45) is 0. The van der Waals surface area contributed by atoms with Gasteiger partial charge in [-0.15, -0.1) is 0 Å². The molecule has 1 amide bonds. The van der Waals surface area contributed by atoms with E-state index in [1.165, 1.54) is 4.57 Å². The standard InChI is InChI=1S/C13H14N2O3S/c1-8-11(19-13(17)15(8)2)12(16)14-9-5-4-6-10(7-9)18-3/h4-7H,1-3H3,(H,14,16). The van der Waals surface area contributed by atoms with E-state index >= 15 is 0 Å². The summed E-state index contributed by atoms with van der Waals surface area (Å²) in [7, 11) is 3.21. The van der Waals surface area contributed by atoms with E-state index in [1.807, 2.05) is 0 Å². The fraction of sp³-hybridized carbons (Fsp3) is 0.231. The molecule has 0 fully saturated rings. The molecule has 0 radical (unpaired) electrons. The van der Waals surface area contributed by atoms with Gasteiger partial charge in [-0.05, 0) is 19.1 Å². The predicted molar refractivity (Wildman–Crippen MR) is 75.2 cm³/mol. The van der Waals surface area contributed by atoms with E-state index in [0.717, 1.165) is 11.3 Å². The van der Waals surface area contributed by atoms with Gasteiger partial charge in [0.1, 0.15) is 10.6 Å². The molecule has 6 heteroatoms. The lowest BCUT2D eigenvalue weighted by Gasteiger charge is -2.06. The number of carbonyl (C=O) groups excluding carboxylic acids is 1. The minimum Gasteiger partial charge on any atom is -0.497 e. The van der Waals surface area contributed by atoms with Gasteiger partial charge < -0.3 is 14.6 Å². The maximum Gasteiger partial charge on any atom is 0.307 e. The van der Waals surface area contributed by atoms with Crippen LogP contribution < -0.4 is 14.9 Å². The van der Waals surface area contributed by atoms with Gasteiger partial charge in [0.2, 0.25) is 0 Å². The van der Waals surface area contributed by atoms with Crippen LogP contribution in [0.4, 0.5) is 5.69 Å². The van der Waals surface area contributed by atoms with Crippen LogP contribution in [0.25, 0.3) is 0 Å². The molecular formula is C13H14N2O3S. The summed E-state index contributed by atoms with van der Waals surface area (Å²) < 4.78 is 6.55. The molecule has 0 spiro atoms. The summed E-state index contributed by atoms with van der Waals surface area (Å²) in [4.78, 5) is 23.9. The lowest BCUT2D eigenvalue weighted by atomic mass is 10.3. The number of aromatic nitrogens is 1. The van der Waals surface area contributed by atoms with Crippen molar-refractivity contribution in [1.82, 2.24) is 4.57 Å². The highest BCUT2D eigenvalue weighted by Gasteiger charge is 2.16. The molecule has 2 rings (SSSR count). The summed E-state index contributed by atoms with van der Waals surface area (Å²) in [5.41, 5.74) is 1.29. The van der Waals surface area contributed by atoms with Crippen molar-refractivity contribution in [2.45, 2.75) is 6.92 Å². The number of methoxy groups -OCH3 is 1. The van der Waals surface area contributed by atoms with Gasteiger partial charge in [0.15, 0.2) is 0 Å². The molecule has 2 aromatic rings. The molecule has 1 N–H and O–H groups in total. The topological polar surface area (TPSA) is 60.3 Å². The summed E-state index contributed by atoms with van der Waals surface area (Å²) in [5.74, 6) is 0.379. The summed E-state index contributed by atoms with van der Waals surface area (Å²) in [6.45, 7) is 1.75. The Bertz CT molecular complexity index is 673. The maximum absolute atomic E-state index is 12.1. The van der Waals surface area contributed by atoms with Crippen LogP contribution in [0.15, 0.2) is 29.1 Å². The Morgan fingerprint density at radius 1 is 1.42 bits per heavy atom. The monoisotopic (exact) mass is 278 g/mol. The van der Waals surface area contributed by atoms with E-state index in [-0.39, 0.29) is 10.8 Å². The molecule has 0 unspecified atom stereocenters. The Morgan fingerprint density at radius 3 is 2.74 bits per heavy atom. The van der Waals surface area contributed by atoms with E-state index in [0.29, 0.717) is 22.0 Å². The first-order chi connectivity index (χ1) is 9.02. The number of rotatable bonds is 3. The van der Waals surface area contributed by atoms with Crippen LogP contribution in [0.3, 0.4) is 0 Å². The smallest absolute Gasteiger partial charge is 0.307 e. The normalized spacial score (nSPS) is 10.3. The quantitative estimate of drug-likeness (QED) is 0.934. The highest BCUT2D eigenvalue weighted by atomic mass is 32.1. The molecule has 0 aliphatic rings. The van der Waals surface area contributed by atoms with Gasteiger partial charge in [0.25, 0.3) is 5.91 Å². The van der Waals surface area contributed by atoms with Crippen molar-refractivity contribution in [2.24, 2.45) is 7.05 Å². The Morgan fingerprint density at radius 2 is 2.16 bits per heavy atom. The van der Waals surface area contributed by atoms with Crippen molar-refractivity contribution in [1.29, 1.82) is 0 Å². The van der Waals surface area contributed by atoms with Crippen molar-refractivity contribution < 1.29 is 9.53 Å². The summed E-state index contributed by atoms with van der Waals surface area (Å²) in [5, 5.41) is 2.75. The number of hydrogen-bond donors (Lipinski definition) is 1. The molecule has 19 heavy (non-hydrogen) atoms. The number of nitrogens with zero attached hydrogens (tertiary/aromatic N) is 1. The number of carbonyl (C=O) groups is 1. The molecule has 0 aliphatic heterocycles. The Hall–Kier alpha value is -2.08. The first-order valence-corrected chi connectivity index (χ1v) is 6.46. The van der Waals surface area contributed by atoms with Crippen LogP contribution in [0.2, 0.25) is 0 Å². The third-order valence-corrected chi connectivity index (χ3v) is 3.96. The van der Waals surface area contributed by atoms with Gasteiger partial charge in [0.05, 0.1) is 7.11 Å². The fourth-order valence-corrected chi connectivity index (χ4v) is 2.50. The van der Waals surface area contributed by atoms with Crippen LogP contribution in [0, 0.1) is 6.92 Å². The van der Waals surface area contributed by atoms with E-state index < -0.39 is 0 Å². The minimum atomic E-state index is -0.284. The molecule has 0 saturated carbocycles. The third kappa shape index (κ3) is 2.68. The molecule has 1 aromatic heterocycles. The van der Waals surface area contributed by atoms with Crippen LogP contribution in [-0.4, -0.2) is 17.6 Å². The number of hydrogen-bond acceptors (Lipinski definition) is 4. The third-order valence-electron chi connectivity index (χ3n) is 2.83. The first kappa shape index (κ1) is 13.4. The Kier molecular flexibility index (Phi) is 3.71. The molecule has 100 valence electrons. The highest BCUT2D eigenvalue weighted by Crippen LogP contribution is 2.19. The molecule has 0 atom stereocenters. The average molecular weight is 278 g/mol. The molecule has 5 nitrogen and oxygen atoms in total. The molecule has 1 heterocycles. The van der Waals surface area contributed by atoms with Crippen molar-refractivity contribution in [3.05, 3.63) is 44.5 Å². The van der Waals surface area contributed by atoms with Crippen molar-refractivity contribution in [2.75, 3.05) is 12.4 Å². The van der Waals surface area contributed by atoms with Gasteiger partial charge in [-0.1, -0.05) is 17.4 Å². The molecule has 0 saturated heterocycles. The van der Waals surface area contributed by atoms with Crippen molar-refractivity contribution >= 4 is 22.9 Å². The highest BCUT2D eigenvalue weighted by molar-refractivity contribution is 7.11. The number of benzene rings is 1. The number of nitrogens with one attached hydrogen (secondary N) is 1. The second-order valence-corrected chi connectivity index (χ2v) is 4.99. The zero-order chi connectivity index (χ0) is 14.0. The SMILES string of the molecule is COc1cccc(NC(=O)c2sc(=O)n(C)c2C)c1. The predicted octanol–water partition coefficient (Wildman–Crippen LogP) is 2.02. The number of amides is 1. The van der Waals surface area contributed by atoms with Crippen LogP contribution in [-0.2, 0) is 7.05 Å². The van der Waals surface area contributed by atoms with Crippen molar-refractivity contribution in [3.63, 3.8) is 0 Å². The zero-order valence-electron chi connectivity index (χ0n) is 10.9. The van der Waals surface area contributed by atoms with Gasteiger partial charge in [0, 0.05) is 24.5 Å². The van der Waals surface area contributed by atoms with Crippen LogP contribution >= 0.6 is 11.3 Å². The maximum atomic E-state index is 12.1. The van der Waals surface area contributed by atoms with E-state index in [1.54, 1.807) is 45.3 Å². The molecule has 1 aromatic carbocycles. The summed E-state index contributed by atoms with van der Waals surface area (Å²) >= 11 is 0.942. The summed E-state index contributed by atoms with van der Waals surface area (Å²) in [6, 6.07) is 7.07. The lowest BCUT2D eigenvalue weighted by Crippen LogP contribution is -2.12. The van der Waals surface area contributed by atoms with Gasteiger partial charge in [-0.25, -0.2) is 0 Å². The molecular weight excluding hydrogens is 264 g/mol. The Balaban J connectivity index is 2.25. The van der Waals surface area contributed by atoms with E-state index in [4.69, 9.17) is 4.74 Å². The second-order valence-electron chi connectivity index (χ2n) is 4.03. The number of thiazole rings is 1. The zero-order valence-corrected chi connectivity index (χ0v) is 11.7. The van der Waals surface area contributed by atoms with Crippen LogP contribution in [0.5, 0.6) is 5.75 Å². The Labute approximate surface area is 114 Å². The number of ether oxygens (including phenoxy) is 1. The molecule has 0 bridgehead atoms. The van der Waals surface area contributed by atoms with Gasteiger partial charge in [-0.3, -0.25) is 9.59 Å². The van der Waals surface area contributed by atoms with Crippen LogP contribution in [0.1, 0.15) is 15.4 Å². The van der Waals surface area contributed by atoms with E-state index in [2.05, 4.69) is 5.32 Å². The molecule has 0 aliphatic carbocycles. The van der Waals surface area contributed by atoms with Gasteiger partial charge in [-0.2, -0.15) is 0 Å². The second kappa shape index (κ2) is 5.27. The fourth-order valence-electron chi connectivity index (χ4n) is 1.62. The largest absolute Gasteiger partial charge is 0.497 e. The van der Waals surface area contributed by atoms with E-state index in [9.17, 15) is 9.59 Å². The lowest BCUT2D eigenvalue weighted by molar-refractivity contribution is 0.102. The minimum absolute atomic E-state index is 0.145. The number of anilines is 1. The van der Waals surface area contributed by atoms with Crippen molar-refractivity contribution in [3.8, 4) is 5.75 Å². The first-order valence-electron chi connectivity index (χ1n) is 5.64.